The molecule has 144 valence electrons. The van der Waals surface area contributed by atoms with E-state index in [9.17, 15) is 4.79 Å². The van der Waals surface area contributed by atoms with Crippen LogP contribution < -0.4 is 4.74 Å². The molecule has 0 aromatic heterocycles. The van der Waals surface area contributed by atoms with Crippen molar-refractivity contribution in [3.8, 4) is 5.75 Å². The standard InChI is InChI=1S/C21H31ClN2O2/c1-17-15-19(5-6-20(17)22)26-16-21(25)24-13-8-18(9-14-24)7-12-23-10-3-2-4-11-23/h5-6,15,18H,2-4,7-14,16H2,1H3. The van der Waals surface area contributed by atoms with Crippen molar-refractivity contribution in [3.63, 3.8) is 0 Å². The minimum atomic E-state index is 0.0899. The predicted octanol–water partition coefficient (Wildman–Crippen LogP) is 4.14. The molecule has 1 amide bonds. The second-order valence-electron chi connectivity index (χ2n) is 7.71. The average Bonchev–Trinajstić information content (AvgIpc) is 2.68. The van der Waals surface area contributed by atoms with Crippen molar-refractivity contribution < 1.29 is 9.53 Å². The van der Waals surface area contributed by atoms with E-state index >= 15 is 0 Å². The smallest absolute Gasteiger partial charge is 0.260 e. The zero-order chi connectivity index (χ0) is 18.4. The molecule has 4 nitrogen and oxygen atoms in total. The maximum atomic E-state index is 12.4. The molecule has 2 saturated heterocycles. The predicted molar refractivity (Wildman–Crippen MR) is 106 cm³/mol. The second kappa shape index (κ2) is 9.61. The van der Waals surface area contributed by atoms with E-state index in [1.807, 2.05) is 30.0 Å². The van der Waals surface area contributed by atoms with Crippen molar-refractivity contribution in [2.45, 2.75) is 45.4 Å². The number of piperidine rings is 2. The molecule has 1 aromatic rings. The molecule has 0 spiro atoms. The lowest BCUT2D eigenvalue weighted by molar-refractivity contribution is -0.134. The normalized spacial score (nSPS) is 19.5. The summed E-state index contributed by atoms with van der Waals surface area (Å²) in [6.07, 6.45) is 7.65. The Morgan fingerprint density at radius 2 is 1.88 bits per heavy atom. The van der Waals surface area contributed by atoms with Gasteiger partial charge in [0.15, 0.2) is 6.61 Å². The van der Waals surface area contributed by atoms with Crippen molar-refractivity contribution >= 4 is 17.5 Å². The SMILES string of the molecule is Cc1cc(OCC(=O)N2CCC(CCN3CCCCC3)CC2)ccc1Cl. The molecule has 0 atom stereocenters. The highest BCUT2D eigenvalue weighted by atomic mass is 35.5. The van der Waals surface area contributed by atoms with Crippen LogP contribution in [-0.2, 0) is 4.79 Å². The Balaban J connectivity index is 1.35. The number of hydrogen-bond donors (Lipinski definition) is 0. The summed E-state index contributed by atoms with van der Waals surface area (Å²) in [7, 11) is 0. The molecule has 0 saturated carbocycles. The number of hydrogen-bond acceptors (Lipinski definition) is 3. The molecule has 26 heavy (non-hydrogen) atoms. The summed E-state index contributed by atoms with van der Waals surface area (Å²) in [6.45, 7) is 7.57. The van der Waals surface area contributed by atoms with E-state index in [2.05, 4.69) is 4.90 Å². The molecule has 2 heterocycles. The van der Waals surface area contributed by atoms with Crippen LogP contribution in [0, 0.1) is 12.8 Å². The van der Waals surface area contributed by atoms with Gasteiger partial charge in [-0.1, -0.05) is 18.0 Å². The number of nitrogens with zero attached hydrogens (tertiary/aromatic N) is 2. The fraction of sp³-hybridized carbons (Fsp3) is 0.667. The van der Waals surface area contributed by atoms with E-state index in [-0.39, 0.29) is 12.5 Å². The first-order chi connectivity index (χ1) is 12.6. The van der Waals surface area contributed by atoms with Crippen LogP contribution in [0.25, 0.3) is 0 Å². The van der Waals surface area contributed by atoms with E-state index in [1.54, 1.807) is 0 Å². The Morgan fingerprint density at radius 3 is 2.58 bits per heavy atom. The number of carbonyl (C=O) groups excluding carboxylic acids is 1. The fourth-order valence-electron chi connectivity index (χ4n) is 3.96. The molecule has 3 rings (SSSR count). The fourth-order valence-corrected chi connectivity index (χ4v) is 4.08. The largest absolute Gasteiger partial charge is 0.484 e. The molecule has 0 unspecified atom stereocenters. The van der Waals surface area contributed by atoms with Crippen molar-refractivity contribution in [2.75, 3.05) is 39.3 Å². The van der Waals surface area contributed by atoms with Gasteiger partial charge in [0.1, 0.15) is 5.75 Å². The Labute approximate surface area is 162 Å². The van der Waals surface area contributed by atoms with E-state index < -0.39 is 0 Å². The Hall–Kier alpha value is -1.26. The lowest BCUT2D eigenvalue weighted by Gasteiger charge is -2.34. The molecular weight excluding hydrogens is 348 g/mol. The molecule has 0 N–H and O–H groups in total. The van der Waals surface area contributed by atoms with Crippen LogP contribution in [0.15, 0.2) is 18.2 Å². The summed E-state index contributed by atoms with van der Waals surface area (Å²) in [5, 5.41) is 0.718. The van der Waals surface area contributed by atoms with E-state index in [1.165, 1.54) is 45.3 Å². The Kier molecular flexibility index (Phi) is 7.21. The first-order valence-corrected chi connectivity index (χ1v) is 10.4. The minimum absolute atomic E-state index is 0.0899. The Morgan fingerprint density at radius 1 is 1.15 bits per heavy atom. The minimum Gasteiger partial charge on any atom is -0.484 e. The number of amides is 1. The molecule has 0 aliphatic carbocycles. The van der Waals surface area contributed by atoms with Gasteiger partial charge in [0, 0.05) is 18.1 Å². The van der Waals surface area contributed by atoms with Crippen molar-refractivity contribution in [1.29, 1.82) is 0 Å². The van der Waals surface area contributed by atoms with Gasteiger partial charge in [0.25, 0.3) is 5.91 Å². The first-order valence-electron chi connectivity index (χ1n) is 10.0. The van der Waals surface area contributed by atoms with Crippen LogP contribution in [0.1, 0.15) is 44.1 Å². The van der Waals surface area contributed by atoms with Crippen molar-refractivity contribution in [2.24, 2.45) is 5.92 Å². The number of ether oxygens (including phenoxy) is 1. The maximum absolute atomic E-state index is 12.4. The molecule has 2 aliphatic rings. The van der Waals surface area contributed by atoms with Crippen LogP contribution in [0.3, 0.4) is 0 Å². The summed E-state index contributed by atoms with van der Waals surface area (Å²) in [4.78, 5) is 17.0. The van der Waals surface area contributed by atoms with Crippen LogP contribution in [0.4, 0.5) is 0 Å². The van der Waals surface area contributed by atoms with Gasteiger partial charge in [-0.15, -0.1) is 0 Å². The lowest BCUT2D eigenvalue weighted by Crippen LogP contribution is -2.41. The van der Waals surface area contributed by atoms with Gasteiger partial charge in [0.05, 0.1) is 0 Å². The van der Waals surface area contributed by atoms with Gasteiger partial charge in [-0.2, -0.15) is 0 Å². The molecular formula is C21H31ClN2O2. The van der Waals surface area contributed by atoms with Gasteiger partial charge in [-0.05, 0) is 88.3 Å². The number of halogens is 1. The average molecular weight is 379 g/mol. The highest BCUT2D eigenvalue weighted by molar-refractivity contribution is 6.31. The van der Waals surface area contributed by atoms with Crippen molar-refractivity contribution in [1.82, 2.24) is 9.80 Å². The lowest BCUT2D eigenvalue weighted by atomic mass is 9.93. The van der Waals surface area contributed by atoms with Crippen LogP contribution in [0.2, 0.25) is 5.02 Å². The van der Waals surface area contributed by atoms with Gasteiger partial charge in [-0.3, -0.25) is 4.79 Å². The second-order valence-corrected chi connectivity index (χ2v) is 8.12. The summed E-state index contributed by atoms with van der Waals surface area (Å²) in [5.74, 6) is 1.56. The third-order valence-corrected chi connectivity index (χ3v) is 6.19. The molecule has 0 bridgehead atoms. The first kappa shape index (κ1) is 19.5. The number of aryl methyl sites for hydroxylation is 1. The van der Waals surface area contributed by atoms with Crippen LogP contribution in [-0.4, -0.2) is 55.0 Å². The molecule has 2 aliphatic heterocycles. The highest BCUT2D eigenvalue weighted by Crippen LogP contribution is 2.23. The summed E-state index contributed by atoms with van der Waals surface area (Å²) >= 11 is 6.02. The number of rotatable bonds is 6. The zero-order valence-electron chi connectivity index (χ0n) is 15.9. The molecule has 0 radical (unpaired) electrons. The van der Waals surface area contributed by atoms with E-state index in [0.29, 0.717) is 5.75 Å². The summed E-state index contributed by atoms with van der Waals surface area (Å²) < 4.78 is 5.65. The number of carbonyl (C=O) groups is 1. The van der Waals surface area contributed by atoms with E-state index in [4.69, 9.17) is 16.3 Å². The molecule has 2 fully saturated rings. The van der Waals surface area contributed by atoms with Crippen LogP contribution >= 0.6 is 11.6 Å². The zero-order valence-corrected chi connectivity index (χ0v) is 16.6. The quantitative estimate of drug-likeness (QED) is 0.745. The summed E-state index contributed by atoms with van der Waals surface area (Å²) in [5.41, 5.74) is 0.964. The third kappa shape index (κ3) is 5.62. The van der Waals surface area contributed by atoms with E-state index in [0.717, 1.165) is 42.4 Å². The molecule has 5 heteroatoms. The number of benzene rings is 1. The third-order valence-electron chi connectivity index (χ3n) is 5.76. The summed E-state index contributed by atoms with van der Waals surface area (Å²) in [6, 6.07) is 5.50. The topological polar surface area (TPSA) is 32.8 Å². The number of likely N-dealkylation sites (tertiary alicyclic amines) is 2. The Bertz CT molecular complexity index is 594. The maximum Gasteiger partial charge on any atom is 0.260 e. The highest BCUT2D eigenvalue weighted by Gasteiger charge is 2.23. The van der Waals surface area contributed by atoms with Crippen LogP contribution in [0.5, 0.6) is 5.75 Å². The van der Waals surface area contributed by atoms with Crippen molar-refractivity contribution in [3.05, 3.63) is 28.8 Å². The van der Waals surface area contributed by atoms with Gasteiger partial charge >= 0.3 is 0 Å². The van der Waals surface area contributed by atoms with Gasteiger partial charge < -0.3 is 14.5 Å². The molecule has 1 aromatic carbocycles. The van der Waals surface area contributed by atoms with Gasteiger partial charge in [0.2, 0.25) is 0 Å². The van der Waals surface area contributed by atoms with Gasteiger partial charge in [-0.25, -0.2) is 0 Å². The monoisotopic (exact) mass is 378 g/mol.